The van der Waals surface area contributed by atoms with Gasteiger partial charge in [-0.2, -0.15) is 4.39 Å². The molecule has 13 heavy (non-hydrogen) atoms. The lowest BCUT2D eigenvalue weighted by atomic mass is 9.74. The van der Waals surface area contributed by atoms with Crippen molar-refractivity contribution in [3.05, 3.63) is 29.8 Å². The van der Waals surface area contributed by atoms with Crippen molar-refractivity contribution in [1.82, 2.24) is 10.3 Å². The fourth-order valence-corrected chi connectivity index (χ4v) is 1.84. The Kier molecular flexibility index (Phi) is 2.04. The second kappa shape index (κ2) is 3.07. The van der Waals surface area contributed by atoms with Crippen LogP contribution in [0.25, 0.3) is 0 Å². The van der Waals surface area contributed by atoms with Crippen molar-refractivity contribution in [2.75, 3.05) is 7.05 Å². The summed E-state index contributed by atoms with van der Waals surface area (Å²) in [7, 11) is 1.91. The Morgan fingerprint density at radius 1 is 1.46 bits per heavy atom. The van der Waals surface area contributed by atoms with E-state index in [0.29, 0.717) is 0 Å². The fourth-order valence-electron chi connectivity index (χ4n) is 1.84. The van der Waals surface area contributed by atoms with Crippen LogP contribution < -0.4 is 5.32 Å². The number of nitrogens with one attached hydrogen (secondary N) is 1. The molecule has 1 saturated carbocycles. The summed E-state index contributed by atoms with van der Waals surface area (Å²) in [5.74, 6) is -0.390. The monoisotopic (exact) mass is 180 g/mol. The first kappa shape index (κ1) is 8.63. The molecule has 1 aliphatic carbocycles. The van der Waals surface area contributed by atoms with E-state index in [1.54, 1.807) is 6.07 Å². The van der Waals surface area contributed by atoms with E-state index in [4.69, 9.17) is 0 Å². The minimum Gasteiger partial charge on any atom is -0.309 e. The third-order valence-corrected chi connectivity index (χ3v) is 2.89. The molecule has 0 atom stereocenters. The molecule has 1 N–H and O–H groups in total. The van der Waals surface area contributed by atoms with Gasteiger partial charge in [0.25, 0.3) is 0 Å². The summed E-state index contributed by atoms with van der Waals surface area (Å²) >= 11 is 0. The summed E-state index contributed by atoms with van der Waals surface area (Å²) in [5.41, 5.74) is 0.781. The summed E-state index contributed by atoms with van der Waals surface area (Å²) in [5, 5.41) is 3.23. The SMILES string of the molecule is CNC1(c2cccc(F)n2)CCC1. The van der Waals surface area contributed by atoms with Crippen LogP contribution in [-0.2, 0) is 5.54 Å². The van der Waals surface area contributed by atoms with Gasteiger partial charge < -0.3 is 5.32 Å². The molecule has 1 aromatic rings. The van der Waals surface area contributed by atoms with E-state index in [-0.39, 0.29) is 11.5 Å². The highest BCUT2D eigenvalue weighted by molar-refractivity contribution is 5.19. The van der Waals surface area contributed by atoms with E-state index in [0.717, 1.165) is 18.5 Å². The van der Waals surface area contributed by atoms with Crippen LogP contribution in [0.5, 0.6) is 0 Å². The van der Waals surface area contributed by atoms with Crippen LogP contribution in [0, 0.1) is 5.95 Å². The van der Waals surface area contributed by atoms with Gasteiger partial charge in [0.2, 0.25) is 5.95 Å². The molecule has 0 saturated heterocycles. The Labute approximate surface area is 77.2 Å². The molecule has 0 unspecified atom stereocenters. The van der Waals surface area contributed by atoms with Crippen molar-refractivity contribution in [2.24, 2.45) is 0 Å². The zero-order chi connectivity index (χ0) is 9.31. The van der Waals surface area contributed by atoms with E-state index in [1.807, 2.05) is 13.1 Å². The number of rotatable bonds is 2. The number of pyridine rings is 1. The van der Waals surface area contributed by atoms with Gasteiger partial charge in [-0.15, -0.1) is 0 Å². The molecule has 0 amide bonds. The first-order chi connectivity index (χ1) is 6.27. The zero-order valence-electron chi connectivity index (χ0n) is 7.68. The number of halogens is 1. The average molecular weight is 180 g/mol. The van der Waals surface area contributed by atoms with Gasteiger partial charge in [-0.3, -0.25) is 0 Å². The van der Waals surface area contributed by atoms with Crippen molar-refractivity contribution >= 4 is 0 Å². The van der Waals surface area contributed by atoms with Crippen LogP contribution in [0.2, 0.25) is 0 Å². The van der Waals surface area contributed by atoms with E-state index in [2.05, 4.69) is 10.3 Å². The normalized spacial score (nSPS) is 19.5. The standard InChI is InChI=1S/C10H13FN2/c1-12-10(6-3-7-10)8-4-2-5-9(11)13-8/h2,4-5,12H,3,6-7H2,1H3. The third-order valence-electron chi connectivity index (χ3n) is 2.89. The predicted octanol–water partition coefficient (Wildman–Crippen LogP) is 1.82. The van der Waals surface area contributed by atoms with Crippen molar-refractivity contribution in [1.29, 1.82) is 0 Å². The first-order valence-electron chi connectivity index (χ1n) is 4.59. The summed E-state index contributed by atoms with van der Waals surface area (Å²) in [6, 6.07) is 4.99. The smallest absolute Gasteiger partial charge is 0.213 e. The molecule has 2 rings (SSSR count). The van der Waals surface area contributed by atoms with Gasteiger partial charge in [0, 0.05) is 0 Å². The summed E-state index contributed by atoms with van der Waals surface area (Å²) in [6.45, 7) is 0. The highest BCUT2D eigenvalue weighted by atomic mass is 19.1. The Balaban J connectivity index is 2.33. The Bertz CT molecular complexity index is 302. The van der Waals surface area contributed by atoms with E-state index in [9.17, 15) is 4.39 Å². The highest BCUT2D eigenvalue weighted by Crippen LogP contribution is 2.39. The summed E-state index contributed by atoms with van der Waals surface area (Å²) < 4.78 is 12.9. The van der Waals surface area contributed by atoms with Crippen molar-refractivity contribution in [3.8, 4) is 0 Å². The van der Waals surface area contributed by atoms with Crippen LogP contribution >= 0.6 is 0 Å². The van der Waals surface area contributed by atoms with Gasteiger partial charge in [0.15, 0.2) is 0 Å². The largest absolute Gasteiger partial charge is 0.309 e. The number of nitrogens with zero attached hydrogens (tertiary/aromatic N) is 1. The van der Waals surface area contributed by atoms with Crippen LogP contribution in [0.4, 0.5) is 4.39 Å². The maximum absolute atomic E-state index is 12.9. The second-order valence-electron chi connectivity index (χ2n) is 3.53. The lowest BCUT2D eigenvalue weighted by molar-refractivity contribution is 0.193. The maximum atomic E-state index is 12.9. The number of hydrogen-bond acceptors (Lipinski definition) is 2. The minimum atomic E-state index is -0.390. The molecule has 0 radical (unpaired) electrons. The van der Waals surface area contributed by atoms with Crippen molar-refractivity contribution in [3.63, 3.8) is 0 Å². The maximum Gasteiger partial charge on any atom is 0.213 e. The van der Waals surface area contributed by atoms with E-state index >= 15 is 0 Å². The summed E-state index contributed by atoms with van der Waals surface area (Å²) in [4.78, 5) is 3.91. The highest BCUT2D eigenvalue weighted by Gasteiger charge is 2.38. The van der Waals surface area contributed by atoms with Gasteiger partial charge >= 0.3 is 0 Å². The molecule has 0 aliphatic heterocycles. The van der Waals surface area contributed by atoms with Gasteiger partial charge in [-0.25, -0.2) is 4.98 Å². The van der Waals surface area contributed by atoms with Crippen molar-refractivity contribution in [2.45, 2.75) is 24.8 Å². The molecule has 1 aliphatic rings. The van der Waals surface area contributed by atoms with E-state index in [1.165, 1.54) is 12.5 Å². The second-order valence-corrected chi connectivity index (χ2v) is 3.53. The Hall–Kier alpha value is -0.960. The summed E-state index contributed by atoms with van der Waals surface area (Å²) in [6.07, 6.45) is 3.30. The van der Waals surface area contributed by atoms with Crippen LogP contribution in [-0.4, -0.2) is 12.0 Å². The molecule has 0 aromatic carbocycles. The molecule has 70 valence electrons. The molecule has 3 heteroatoms. The predicted molar refractivity (Wildman–Crippen MR) is 48.8 cm³/mol. The minimum absolute atomic E-state index is 0.0535. The van der Waals surface area contributed by atoms with E-state index < -0.39 is 0 Å². The number of hydrogen-bond donors (Lipinski definition) is 1. The molecule has 1 fully saturated rings. The Morgan fingerprint density at radius 2 is 2.23 bits per heavy atom. The van der Waals surface area contributed by atoms with Gasteiger partial charge in [0.05, 0.1) is 11.2 Å². The lowest BCUT2D eigenvalue weighted by Gasteiger charge is -2.41. The topological polar surface area (TPSA) is 24.9 Å². The molecular formula is C10H13FN2. The fraction of sp³-hybridized carbons (Fsp3) is 0.500. The van der Waals surface area contributed by atoms with Crippen LogP contribution in [0.15, 0.2) is 18.2 Å². The zero-order valence-corrected chi connectivity index (χ0v) is 7.68. The first-order valence-corrected chi connectivity index (χ1v) is 4.59. The van der Waals surface area contributed by atoms with Crippen molar-refractivity contribution < 1.29 is 4.39 Å². The molecular weight excluding hydrogens is 167 g/mol. The van der Waals surface area contributed by atoms with Gasteiger partial charge in [-0.1, -0.05) is 6.07 Å². The average Bonchev–Trinajstić information content (AvgIpc) is 2.03. The van der Waals surface area contributed by atoms with Crippen LogP contribution in [0.1, 0.15) is 25.0 Å². The Morgan fingerprint density at radius 3 is 2.69 bits per heavy atom. The molecule has 1 aromatic heterocycles. The quantitative estimate of drug-likeness (QED) is 0.702. The third kappa shape index (κ3) is 1.33. The number of aromatic nitrogens is 1. The van der Waals surface area contributed by atoms with Crippen LogP contribution in [0.3, 0.4) is 0 Å². The molecule has 1 heterocycles. The van der Waals surface area contributed by atoms with Gasteiger partial charge in [0.1, 0.15) is 0 Å². The lowest BCUT2D eigenvalue weighted by Crippen LogP contribution is -2.46. The molecule has 0 bridgehead atoms. The molecule has 0 spiro atoms. The van der Waals surface area contributed by atoms with Gasteiger partial charge in [-0.05, 0) is 38.4 Å². The molecule has 2 nitrogen and oxygen atoms in total.